The molecule has 0 atom stereocenters. The molecule has 13 heteroatoms. The molecule has 0 unspecified atom stereocenters. The van der Waals surface area contributed by atoms with Gasteiger partial charge in [0.05, 0.1) is 50.8 Å². The van der Waals surface area contributed by atoms with Crippen molar-refractivity contribution < 1.29 is 50.0 Å². The molecule has 0 bridgehead atoms. The number of anilines is 3. The first-order valence-corrected chi connectivity index (χ1v) is 15.7. The number of rotatable bonds is 22. The van der Waals surface area contributed by atoms with Crippen LogP contribution in [0.25, 0.3) is 5.76 Å². The molecule has 0 heterocycles. The van der Waals surface area contributed by atoms with Crippen molar-refractivity contribution in [1.29, 1.82) is 0 Å². The fraction of sp³-hybridized carbons (Fsp3) is 0.263. The lowest BCUT2D eigenvalue weighted by Gasteiger charge is -2.16. The van der Waals surface area contributed by atoms with Crippen LogP contribution < -0.4 is 10.6 Å². The van der Waals surface area contributed by atoms with Crippen LogP contribution in [0, 0.1) is 0 Å². The summed E-state index contributed by atoms with van der Waals surface area (Å²) in [4.78, 5) is 0. The first-order valence-electron chi connectivity index (χ1n) is 15.7. The van der Waals surface area contributed by atoms with Crippen LogP contribution in [0.2, 0.25) is 0 Å². The number of ether oxygens (including phenoxy) is 5. The Morgan fingerprint density at radius 3 is 1.67 bits per heavy atom. The molecule has 2 N–H and O–H groups in total. The first kappa shape index (κ1) is 40.4. The van der Waals surface area contributed by atoms with Crippen LogP contribution in [0.5, 0.6) is 0 Å². The van der Waals surface area contributed by atoms with Crippen LogP contribution in [0.15, 0.2) is 128 Å². The second-order valence-corrected chi connectivity index (χ2v) is 10.6. The fourth-order valence-electron chi connectivity index (χ4n) is 4.44. The number of para-hydroxylation sites is 1. The summed E-state index contributed by atoms with van der Waals surface area (Å²) in [5.74, 6) is 0.569. The highest BCUT2D eigenvalue weighted by Gasteiger charge is 2.31. The predicted octanol–water partition coefficient (Wildman–Crippen LogP) is 9.77. The number of nitrogens with one attached hydrogen (secondary N) is 2. The van der Waals surface area contributed by atoms with E-state index in [9.17, 15) is 26.3 Å². The molecule has 0 radical (unpaired) electrons. The molecule has 0 aliphatic rings. The normalized spacial score (nSPS) is 12.0. The minimum absolute atomic E-state index is 0.157. The van der Waals surface area contributed by atoms with Gasteiger partial charge in [-0.05, 0) is 54.6 Å². The molecule has 0 aliphatic carbocycles. The molecule has 0 saturated heterocycles. The van der Waals surface area contributed by atoms with E-state index in [4.69, 9.17) is 23.7 Å². The Morgan fingerprint density at radius 2 is 1.12 bits per heavy atom. The molecule has 7 nitrogen and oxygen atoms in total. The Bertz CT molecular complexity index is 1650. The standard InChI is InChI=1S/C38H40F6N2O5/c1-5-33(35(6-2)45-31-13-9-11-29(25-31)37(39,40)41)27(3)50-23-21-48-19-17-47-18-20-49-22-24-51-28(4)34-15-7-8-16-36(34)46-32-14-10-12-30(26-32)38(42,43)44/h5-16,25-26,45-46H,1-4,17-24H2/b35-33-. The lowest BCUT2D eigenvalue weighted by Crippen LogP contribution is -2.13. The molecular weight excluding hydrogens is 678 g/mol. The molecule has 0 spiro atoms. The molecule has 3 aromatic rings. The first-order chi connectivity index (χ1) is 24.3. The van der Waals surface area contributed by atoms with Crippen LogP contribution in [0.1, 0.15) is 16.7 Å². The van der Waals surface area contributed by atoms with E-state index in [2.05, 4.69) is 36.9 Å². The minimum Gasteiger partial charge on any atom is -0.491 e. The summed E-state index contributed by atoms with van der Waals surface area (Å²) in [5, 5.41) is 5.89. The summed E-state index contributed by atoms with van der Waals surface area (Å²) in [6.45, 7) is 17.3. The van der Waals surface area contributed by atoms with E-state index in [0.29, 0.717) is 54.7 Å². The van der Waals surface area contributed by atoms with Crippen molar-refractivity contribution in [3.05, 3.63) is 145 Å². The number of benzene rings is 3. The van der Waals surface area contributed by atoms with Gasteiger partial charge in [-0.15, -0.1) is 0 Å². The van der Waals surface area contributed by atoms with E-state index in [0.717, 1.165) is 24.3 Å². The van der Waals surface area contributed by atoms with Crippen molar-refractivity contribution in [1.82, 2.24) is 0 Å². The van der Waals surface area contributed by atoms with E-state index in [1.54, 1.807) is 30.3 Å². The molecule has 0 fully saturated rings. The van der Waals surface area contributed by atoms with Gasteiger partial charge in [0.1, 0.15) is 24.7 Å². The summed E-state index contributed by atoms with van der Waals surface area (Å²) < 4.78 is 106. The minimum atomic E-state index is -4.48. The fourth-order valence-corrected chi connectivity index (χ4v) is 4.44. The van der Waals surface area contributed by atoms with Crippen LogP contribution in [-0.4, -0.2) is 52.9 Å². The molecule has 274 valence electrons. The third kappa shape index (κ3) is 13.7. The van der Waals surface area contributed by atoms with Gasteiger partial charge in [0.25, 0.3) is 0 Å². The van der Waals surface area contributed by atoms with E-state index in [-0.39, 0.29) is 43.6 Å². The van der Waals surface area contributed by atoms with Gasteiger partial charge in [-0.25, -0.2) is 0 Å². The Labute approximate surface area is 293 Å². The maximum atomic E-state index is 13.1. The number of alkyl halides is 6. The maximum absolute atomic E-state index is 13.1. The number of allylic oxidation sites excluding steroid dienone is 2. The van der Waals surface area contributed by atoms with Gasteiger partial charge in [0.2, 0.25) is 0 Å². The molecular formula is C38H40F6N2O5. The smallest absolute Gasteiger partial charge is 0.416 e. The Hall–Kier alpha value is -4.98. The van der Waals surface area contributed by atoms with Crippen molar-refractivity contribution in [2.75, 3.05) is 63.5 Å². The molecule has 3 rings (SSSR count). The van der Waals surface area contributed by atoms with Gasteiger partial charge >= 0.3 is 12.4 Å². The number of halogens is 6. The monoisotopic (exact) mass is 718 g/mol. The zero-order valence-electron chi connectivity index (χ0n) is 27.9. The summed E-state index contributed by atoms with van der Waals surface area (Å²) in [7, 11) is 0. The molecule has 3 aromatic carbocycles. The average Bonchev–Trinajstić information content (AvgIpc) is 3.09. The summed E-state index contributed by atoms with van der Waals surface area (Å²) in [6, 6.07) is 16.7. The topological polar surface area (TPSA) is 70.2 Å². The molecule has 0 amide bonds. The second-order valence-electron chi connectivity index (χ2n) is 10.6. The second kappa shape index (κ2) is 20.0. The number of hydrogen-bond acceptors (Lipinski definition) is 7. The van der Waals surface area contributed by atoms with Crippen LogP contribution in [-0.2, 0) is 36.0 Å². The van der Waals surface area contributed by atoms with E-state index < -0.39 is 23.5 Å². The molecule has 0 aliphatic heterocycles. The quantitative estimate of drug-likeness (QED) is 0.0464. The van der Waals surface area contributed by atoms with Crippen molar-refractivity contribution >= 4 is 22.8 Å². The van der Waals surface area contributed by atoms with E-state index in [1.165, 1.54) is 30.4 Å². The Morgan fingerprint density at radius 1 is 0.608 bits per heavy atom. The average molecular weight is 719 g/mol. The predicted molar refractivity (Wildman–Crippen MR) is 186 cm³/mol. The molecule has 0 aromatic heterocycles. The highest BCUT2D eigenvalue weighted by molar-refractivity contribution is 5.75. The van der Waals surface area contributed by atoms with Crippen LogP contribution in [0.4, 0.5) is 43.4 Å². The van der Waals surface area contributed by atoms with Gasteiger partial charge in [-0.2, -0.15) is 26.3 Å². The largest absolute Gasteiger partial charge is 0.491 e. The SMILES string of the molecule is C=C/C(Nc1cccc(C(F)(F)F)c1)=C(\C=C)C(=C)OCCOCCOCCOCCOC(=C)c1ccccc1Nc1cccc(C(F)(F)F)c1. The maximum Gasteiger partial charge on any atom is 0.416 e. The molecule has 51 heavy (non-hydrogen) atoms. The highest BCUT2D eigenvalue weighted by atomic mass is 19.4. The lowest BCUT2D eigenvalue weighted by atomic mass is 10.1. The van der Waals surface area contributed by atoms with E-state index >= 15 is 0 Å². The zero-order chi connectivity index (χ0) is 37.3. The van der Waals surface area contributed by atoms with Gasteiger partial charge in [0, 0.05) is 33.9 Å². The summed E-state index contributed by atoms with van der Waals surface area (Å²) in [5.41, 5.74) is 0.887. The number of hydrogen-bond donors (Lipinski definition) is 2. The van der Waals surface area contributed by atoms with E-state index in [1.807, 2.05) is 0 Å². The van der Waals surface area contributed by atoms with Gasteiger partial charge < -0.3 is 34.3 Å². The van der Waals surface area contributed by atoms with Gasteiger partial charge in [-0.3, -0.25) is 0 Å². The third-order valence-corrected chi connectivity index (χ3v) is 6.92. The van der Waals surface area contributed by atoms with Crippen LogP contribution >= 0.6 is 0 Å². The van der Waals surface area contributed by atoms with Crippen molar-refractivity contribution in [3.8, 4) is 0 Å². The van der Waals surface area contributed by atoms with Gasteiger partial charge in [-0.1, -0.05) is 56.7 Å². The Kier molecular flexibility index (Phi) is 15.9. The van der Waals surface area contributed by atoms with Crippen molar-refractivity contribution in [3.63, 3.8) is 0 Å². The van der Waals surface area contributed by atoms with Crippen molar-refractivity contribution in [2.45, 2.75) is 12.4 Å². The summed E-state index contributed by atoms with van der Waals surface area (Å²) in [6.07, 6.45) is -6.03. The zero-order valence-corrected chi connectivity index (χ0v) is 27.9. The third-order valence-electron chi connectivity index (χ3n) is 6.92. The Balaban J connectivity index is 1.27. The summed E-state index contributed by atoms with van der Waals surface area (Å²) >= 11 is 0. The van der Waals surface area contributed by atoms with Gasteiger partial charge in [0.15, 0.2) is 0 Å². The molecule has 0 saturated carbocycles. The highest BCUT2D eigenvalue weighted by Crippen LogP contribution is 2.33. The lowest BCUT2D eigenvalue weighted by molar-refractivity contribution is -0.138. The van der Waals surface area contributed by atoms with Crippen molar-refractivity contribution in [2.24, 2.45) is 0 Å². The van der Waals surface area contributed by atoms with Crippen LogP contribution in [0.3, 0.4) is 0 Å².